The van der Waals surface area contributed by atoms with Crippen molar-refractivity contribution in [1.29, 1.82) is 0 Å². The average Bonchev–Trinajstić information content (AvgIpc) is 2.31. The van der Waals surface area contributed by atoms with Gasteiger partial charge in [0.25, 0.3) is 5.69 Å². The first-order chi connectivity index (χ1) is 8.36. The second kappa shape index (κ2) is 5.57. The molecule has 0 saturated heterocycles. The Hall–Kier alpha value is -1.98. The molecule has 98 valence electrons. The van der Waals surface area contributed by atoms with E-state index >= 15 is 0 Å². The molecule has 1 aromatic rings. The van der Waals surface area contributed by atoms with Crippen LogP contribution in [0.2, 0.25) is 0 Å². The summed E-state index contributed by atoms with van der Waals surface area (Å²) in [5.41, 5.74) is -0.688. The predicted molar refractivity (Wildman–Crippen MR) is 63.0 cm³/mol. The second-order valence-electron chi connectivity index (χ2n) is 4.01. The molecule has 18 heavy (non-hydrogen) atoms. The van der Waals surface area contributed by atoms with Crippen LogP contribution in [0.5, 0.6) is 0 Å². The van der Waals surface area contributed by atoms with E-state index in [1.165, 1.54) is 6.92 Å². The summed E-state index contributed by atoms with van der Waals surface area (Å²) in [6.07, 6.45) is 0.220. The Morgan fingerprint density at radius 2 is 2.17 bits per heavy atom. The zero-order valence-corrected chi connectivity index (χ0v) is 10.4. The van der Waals surface area contributed by atoms with E-state index in [1.54, 1.807) is 6.92 Å². The highest BCUT2D eigenvalue weighted by Crippen LogP contribution is 2.22. The minimum absolute atomic E-state index is 0.0419. The fourth-order valence-electron chi connectivity index (χ4n) is 1.33. The lowest BCUT2D eigenvalue weighted by molar-refractivity contribution is -0.385. The summed E-state index contributed by atoms with van der Waals surface area (Å²) in [7, 11) is 0. The van der Waals surface area contributed by atoms with E-state index in [-0.39, 0.29) is 17.4 Å². The third-order valence-corrected chi connectivity index (χ3v) is 2.55. The van der Waals surface area contributed by atoms with Crippen LogP contribution in [-0.4, -0.2) is 17.0 Å². The van der Waals surface area contributed by atoms with Gasteiger partial charge in [-0.3, -0.25) is 10.1 Å². The fourth-order valence-corrected chi connectivity index (χ4v) is 1.33. The summed E-state index contributed by atoms with van der Waals surface area (Å²) in [5, 5.41) is 10.6. The highest BCUT2D eigenvalue weighted by Gasteiger charge is 2.21. The number of halogens is 1. The molecule has 1 unspecified atom stereocenters. The number of hydrogen-bond donors (Lipinski definition) is 0. The first-order valence-corrected chi connectivity index (χ1v) is 5.52. The van der Waals surface area contributed by atoms with E-state index in [1.807, 2.05) is 6.92 Å². The Morgan fingerprint density at radius 1 is 1.56 bits per heavy atom. The van der Waals surface area contributed by atoms with E-state index in [4.69, 9.17) is 4.74 Å². The van der Waals surface area contributed by atoms with E-state index in [0.29, 0.717) is 6.42 Å². The number of aryl methyl sites for hydroxylation is 1. The molecule has 0 amide bonds. The third kappa shape index (κ3) is 3.03. The normalized spacial score (nSPS) is 12.0. The van der Waals surface area contributed by atoms with Gasteiger partial charge in [-0.05, 0) is 25.8 Å². The summed E-state index contributed by atoms with van der Waals surface area (Å²) in [6.45, 7) is 4.84. The van der Waals surface area contributed by atoms with E-state index in [9.17, 15) is 19.3 Å². The van der Waals surface area contributed by atoms with E-state index in [0.717, 1.165) is 12.1 Å². The molecule has 0 aliphatic carbocycles. The van der Waals surface area contributed by atoms with Crippen LogP contribution in [0.3, 0.4) is 0 Å². The Balaban J connectivity index is 3.14. The van der Waals surface area contributed by atoms with Crippen LogP contribution in [0.1, 0.15) is 36.2 Å². The van der Waals surface area contributed by atoms with Crippen LogP contribution in [-0.2, 0) is 4.74 Å². The minimum atomic E-state index is -0.881. The molecule has 0 aromatic heterocycles. The van der Waals surface area contributed by atoms with Crippen molar-refractivity contribution in [1.82, 2.24) is 0 Å². The standard InChI is InChI=1S/C12H14FNO4/c1-4-8(3)18-12(15)10-6-9(14(16)17)5-7(2)11(10)13/h5-6,8H,4H2,1-3H3. The van der Waals surface area contributed by atoms with Gasteiger partial charge in [0.2, 0.25) is 0 Å². The summed E-state index contributed by atoms with van der Waals surface area (Å²) in [5.74, 6) is -1.66. The number of ether oxygens (including phenoxy) is 1. The Kier molecular flexibility index (Phi) is 4.36. The van der Waals surface area contributed by atoms with Gasteiger partial charge in [-0.15, -0.1) is 0 Å². The zero-order valence-electron chi connectivity index (χ0n) is 10.4. The molecule has 0 aliphatic rings. The van der Waals surface area contributed by atoms with Gasteiger partial charge in [0, 0.05) is 12.1 Å². The summed E-state index contributed by atoms with van der Waals surface area (Å²) in [6, 6.07) is 1.97. The van der Waals surface area contributed by atoms with Crippen molar-refractivity contribution in [3.8, 4) is 0 Å². The van der Waals surface area contributed by atoms with E-state index < -0.39 is 22.3 Å². The molecule has 6 heteroatoms. The Bertz CT molecular complexity index is 487. The monoisotopic (exact) mass is 255 g/mol. The smallest absolute Gasteiger partial charge is 0.341 e. The van der Waals surface area contributed by atoms with Gasteiger partial charge in [-0.2, -0.15) is 0 Å². The maximum absolute atomic E-state index is 13.7. The van der Waals surface area contributed by atoms with Gasteiger partial charge in [-0.1, -0.05) is 6.92 Å². The first kappa shape index (κ1) is 14.1. The van der Waals surface area contributed by atoms with Gasteiger partial charge in [0.05, 0.1) is 11.0 Å². The van der Waals surface area contributed by atoms with Gasteiger partial charge < -0.3 is 4.74 Å². The number of rotatable bonds is 4. The van der Waals surface area contributed by atoms with Crippen LogP contribution in [0.25, 0.3) is 0 Å². The summed E-state index contributed by atoms with van der Waals surface area (Å²) < 4.78 is 18.7. The third-order valence-electron chi connectivity index (χ3n) is 2.55. The van der Waals surface area contributed by atoms with Crippen molar-refractivity contribution in [2.45, 2.75) is 33.3 Å². The molecule has 1 aromatic carbocycles. The van der Waals surface area contributed by atoms with Crippen molar-refractivity contribution in [2.24, 2.45) is 0 Å². The van der Waals surface area contributed by atoms with Crippen molar-refractivity contribution in [3.63, 3.8) is 0 Å². The van der Waals surface area contributed by atoms with Gasteiger partial charge >= 0.3 is 5.97 Å². The highest BCUT2D eigenvalue weighted by atomic mass is 19.1. The van der Waals surface area contributed by atoms with Gasteiger partial charge in [0.15, 0.2) is 0 Å². The number of nitro benzene ring substituents is 1. The first-order valence-electron chi connectivity index (χ1n) is 5.52. The molecule has 0 bridgehead atoms. The van der Waals surface area contributed by atoms with E-state index in [2.05, 4.69) is 0 Å². The number of benzene rings is 1. The van der Waals surface area contributed by atoms with Gasteiger partial charge in [-0.25, -0.2) is 9.18 Å². The van der Waals surface area contributed by atoms with Gasteiger partial charge in [0.1, 0.15) is 11.4 Å². The maximum Gasteiger partial charge on any atom is 0.341 e. The Labute approximate surface area is 104 Å². The number of nitrogens with zero attached hydrogens (tertiary/aromatic N) is 1. The fraction of sp³-hybridized carbons (Fsp3) is 0.417. The second-order valence-corrected chi connectivity index (χ2v) is 4.01. The molecule has 0 aliphatic heterocycles. The molecule has 0 heterocycles. The number of nitro groups is 1. The highest BCUT2D eigenvalue weighted by molar-refractivity contribution is 5.91. The molecular weight excluding hydrogens is 241 g/mol. The van der Waals surface area contributed by atoms with Crippen molar-refractivity contribution >= 4 is 11.7 Å². The minimum Gasteiger partial charge on any atom is -0.459 e. The molecular formula is C12H14FNO4. The number of carbonyl (C=O) groups is 1. The van der Waals surface area contributed by atoms with Crippen molar-refractivity contribution in [3.05, 3.63) is 39.2 Å². The zero-order chi connectivity index (χ0) is 13.9. The Morgan fingerprint density at radius 3 is 2.67 bits per heavy atom. The molecule has 1 atom stereocenters. The summed E-state index contributed by atoms with van der Waals surface area (Å²) >= 11 is 0. The lowest BCUT2D eigenvalue weighted by atomic mass is 10.1. The quantitative estimate of drug-likeness (QED) is 0.471. The average molecular weight is 255 g/mol. The number of non-ortho nitro benzene ring substituents is 1. The largest absolute Gasteiger partial charge is 0.459 e. The lowest BCUT2D eigenvalue weighted by Gasteiger charge is -2.11. The number of carbonyl (C=O) groups excluding carboxylic acids is 1. The molecule has 0 spiro atoms. The molecule has 0 N–H and O–H groups in total. The number of hydrogen-bond acceptors (Lipinski definition) is 4. The van der Waals surface area contributed by atoms with Crippen LogP contribution in [0.15, 0.2) is 12.1 Å². The molecule has 0 fully saturated rings. The molecule has 0 radical (unpaired) electrons. The SMILES string of the molecule is CCC(C)OC(=O)c1cc([N+](=O)[O-])cc(C)c1F. The molecule has 1 rings (SSSR count). The molecule has 5 nitrogen and oxygen atoms in total. The van der Waals surface area contributed by atoms with Crippen molar-refractivity contribution < 1.29 is 18.8 Å². The molecule has 0 saturated carbocycles. The van der Waals surface area contributed by atoms with Crippen molar-refractivity contribution in [2.75, 3.05) is 0 Å². The van der Waals surface area contributed by atoms with Crippen LogP contribution < -0.4 is 0 Å². The topological polar surface area (TPSA) is 69.4 Å². The maximum atomic E-state index is 13.7. The van der Waals surface area contributed by atoms with Crippen LogP contribution >= 0.6 is 0 Å². The lowest BCUT2D eigenvalue weighted by Crippen LogP contribution is -2.16. The summed E-state index contributed by atoms with van der Waals surface area (Å²) in [4.78, 5) is 21.7. The van der Waals surface area contributed by atoms with Crippen LogP contribution in [0, 0.1) is 22.9 Å². The number of esters is 1. The van der Waals surface area contributed by atoms with Crippen LogP contribution in [0.4, 0.5) is 10.1 Å². The predicted octanol–water partition coefficient (Wildman–Crippen LogP) is 3.00.